The Morgan fingerprint density at radius 1 is 1.35 bits per heavy atom. The third-order valence-electron chi connectivity index (χ3n) is 4.16. The van der Waals surface area contributed by atoms with Crippen LogP contribution in [0.2, 0.25) is 0 Å². The van der Waals surface area contributed by atoms with Crippen molar-refractivity contribution < 1.29 is 17.9 Å². The van der Waals surface area contributed by atoms with Crippen molar-refractivity contribution in [3.8, 4) is 5.75 Å². The Morgan fingerprint density at radius 2 is 2.00 bits per heavy atom. The second kappa shape index (κ2) is 7.31. The Labute approximate surface area is 138 Å². The van der Waals surface area contributed by atoms with Gasteiger partial charge in [-0.15, -0.1) is 0 Å². The van der Waals surface area contributed by atoms with Gasteiger partial charge in [-0.05, 0) is 30.5 Å². The summed E-state index contributed by atoms with van der Waals surface area (Å²) < 4.78 is 29.9. The molecule has 0 bridgehead atoms. The van der Waals surface area contributed by atoms with E-state index in [1.807, 2.05) is 24.3 Å². The highest BCUT2D eigenvalue weighted by Gasteiger charge is 2.31. The molecule has 0 saturated carbocycles. The summed E-state index contributed by atoms with van der Waals surface area (Å²) in [5.41, 5.74) is 1.01. The van der Waals surface area contributed by atoms with Crippen LogP contribution in [-0.2, 0) is 21.4 Å². The van der Waals surface area contributed by atoms with E-state index in [0.717, 1.165) is 24.2 Å². The van der Waals surface area contributed by atoms with E-state index in [1.54, 1.807) is 19.1 Å². The summed E-state index contributed by atoms with van der Waals surface area (Å²) in [7, 11) is 0.132. The Kier molecular flexibility index (Phi) is 5.64. The van der Waals surface area contributed by atoms with Gasteiger partial charge in [0.1, 0.15) is 5.75 Å². The molecule has 0 N–H and O–H groups in total. The second-order valence-electron chi connectivity index (χ2n) is 6.00. The number of benzene rings is 1. The average Bonchev–Trinajstić information content (AvgIpc) is 2.54. The lowest BCUT2D eigenvalue weighted by Crippen LogP contribution is -2.45. The predicted molar refractivity (Wildman–Crippen MR) is 88.6 cm³/mol. The quantitative estimate of drug-likeness (QED) is 0.811. The van der Waals surface area contributed by atoms with Gasteiger partial charge in [0.05, 0.1) is 19.3 Å². The van der Waals surface area contributed by atoms with Gasteiger partial charge in [-0.3, -0.25) is 4.79 Å². The molecule has 2 rings (SSSR count). The zero-order chi connectivity index (χ0) is 17.0. The van der Waals surface area contributed by atoms with E-state index in [0.29, 0.717) is 13.1 Å². The molecule has 6 nitrogen and oxygen atoms in total. The van der Waals surface area contributed by atoms with Crippen LogP contribution in [0.25, 0.3) is 0 Å². The van der Waals surface area contributed by atoms with Gasteiger partial charge in [0, 0.05) is 26.7 Å². The highest BCUT2D eigenvalue weighted by atomic mass is 32.2. The first-order chi connectivity index (χ1) is 10.8. The van der Waals surface area contributed by atoms with Crippen molar-refractivity contribution in [1.29, 1.82) is 0 Å². The molecule has 1 heterocycles. The number of hydrogen-bond acceptors (Lipinski definition) is 4. The molecule has 0 unspecified atom stereocenters. The summed E-state index contributed by atoms with van der Waals surface area (Å²) in [6.45, 7) is 1.29. The average molecular weight is 340 g/mol. The van der Waals surface area contributed by atoms with E-state index in [2.05, 4.69) is 0 Å². The number of carbonyl (C=O) groups is 1. The van der Waals surface area contributed by atoms with Crippen molar-refractivity contribution in [3.63, 3.8) is 0 Å². The van der Waals surface area contributed by atoms with Crippen LogP contribution in [0, 0.1) is 5.92 Å². The molecule has 1 amide bonds. The maximum absolute atomic E-state index is 12.6. The number of rotatable bonds is 5. The van der Waals surface area contributed by atoms with E-state index in [4.69, 9.17) is 4.74 Å². The lowest BCUT2D eigenvalue weighted by molar-refractivity contribution is -0.135. The smallest absolute Gasteiger partial charge is 0.227 e. The fourth-order valence-electron chi connectivity index (χ4n) is 2.84. The van der Waals surface area contributed by atoms with Gasteiger partial charge < -0.3 is 9.64 Å². The van der Waals surface area contributed by atoms with Gasteiger partial charge in [0.2, 0.25) is 15.9 Å². The first-order valence-electron chi connectivity index (χ1n) is 7.64. The third-order valence-corrected chi connectivity index (χ3v) is 5.43. The second-order valence-corrected chi connectivity index (χ2v) is 7.98. The number of amides is 1. The molecular formula is C16H24N2O4S. The zero-order valence-electron chi connectivity index (χ0n) is 13.9. The van der Waals surface area contributed by atoms with Gasteiger partial charge in [-0.2, -0.15) is 0 Å². The molecule has 1 aliphatic rings. The molecule has 0 radical (unpaired) electrons. The van der Waals surface area contributed by atoms with E-state index in [9.17, 15) is 13.2 Å². The van der Waals surface area contributed by atoms with Crippen LogP contribution in [0.5, 0.6) is 5.75 Å². The first-order valence-corrected chi connectivity index (χ1v) is 9.49. The van der Waals surface area contributed by atoms with Gasteiger partial charge >= 0.3 is 0 Å². The van der Waals surface area contributed by atoms with Crippen LogP contribution in [0.4, 0.5) is 0 Å². The summed E-state index contributed by atoms with van der Waals surface area (Å²) in [6.07, 6.45) is 2.65. The van der Waals surface area contributed by atoms with E-state index in [-0.39, 0.29) is 18.4 Å². The van der Waals surface area contributed by atoms with Crippen molar-refractivity contribution in [2.24, 2.45) is 5.92 Å². The zero-order valence-corrected chi connectivity index (χ0v) is 14.7. The Bertz CT molecular complexity index is 643. The van der Waals surface area contributed by atoms with Crippen LogP contribution in [0.3, 0.4) is 0 Å². The van der Waals surface area contributed by atoms with Crippen LogP contribution in [-0.4, -0.2) is 57.0 Å². The monoisotopic (exact) mass is 340 g/mol. The minimum Gasteiger partial charge on any atom is -0.497 e. The Morgan fingerprint density at radius 3 is 2.57 bits per heavy atom. The molecule has 1 atom stereocenters. The molecule has 0 spiro atoms. The van der Waals surface area contributed by atoms with Gasteiger partial charge in [0.15, 0.2) is 0 Å². The molecule has 1 fully saturated rings. The number of hydrogen-bond donors (Lipinski definition) is 0. The van der Waals surface area contributed by atoms with Crippen molar-refractivity contribution in [2.45, 2.75) is 19.4 Å². The van der Waals surface area contributed by atoms with E-state index >= 15 is 0 Å². The highest BCUT2D eigenvalue weighted by Crippen LogP contribution is 2.21. The topological polar surface area (TPSA) is 66.9 Å². The molecule has 1 aliphatic heterocycles. The van der Waals surface area contributed by atoms with Crippen LogP contribution >= 0.6 is 0 Å². The van der Waals surface area contributed by atoms with Gasteiger partial charge in [-0.1, -0.05) is 12.1 Å². The Hall–Kier alpha value is -1.60. The number of sulfonamides is 1. The number of ether oxygens (including phenoxy) is 1. The number of piperidine rings is 1. The summed E-state index contributed by atoms with van der Waals surface area (Å²) in [5.74, 6) is 0.509. The number of methoxy groups -OCH3 is 1. The molecule has 1 saturated heterocycles. The highest BCUT2D eigenvalue weighted by molar-refractivity contribution is 7.88. The number of nitrogens with zero attached hydrogens (tertiary/aromatic N) is 2. The Balaban J connectivity index is 1.98. The normalized spacial score (nSPS) is 19.3. The maximum atomic E-state index is 12.6. The molecule has 0 aliphatic carbocycles. The lowest BCUT2D eigenvalue weighted by atomic mass is 9.98. The molecule has 1 aromatic carbocycles. The molecule has 128 valence electrons. The number of carbonyl (C=O) groups excluding carboxylic acids is 1. The van der Waals surface area contributed by atoms with Crippen LogP contribution in [0.1, 0.15) is 18.4 Å². The predicted octanol–water partition coefficient (Wildman–Crippen LogP) is 1.33. The van der Waals surface area contributed by atoms with Crippen LogP contribution in [0.15, 0.2) is 24.3 Å². The molecule has 0 aromatic heterocycles. The molecule has 7 heteroatoms. The van der Waals surface area contributed by atoms with E-state index < -0.39 is 10.0 Å². The summed E-state index contributed by atoms with van der Waals surface area (Å²) in [6, 6.07) is 7.57. The summed E-state index contributed by atoms with van der Waals surface area (Å²) in [4.78, 5) is 14.2. The third kappa shape index (κ3) is 4.68. The minimum absolute atomic E-state index is 0.00540. The fraction of sp³-hybridized carbons (Fsp3) is 0.562. The van der Waals surface area contributed by atoms with Crippen molar-refractivity contribution in [1.82, 2.24) is 9.21 Å². The standard InChI is InChI=1S/C16H24N2O4S/c1-17(11-13-6-8-15(22-2)9-7-13)16(19)14-5-4-10-18(12-14)23(3,20)21/h6-9,14H,4-5,10-12H2,1-3H3/t14-/m0/s1. The fourth-order valence-corrected chi connectivity index (χ4v) is 3.75. The molecule has 1 aromatic rings. The minimum atomic E-state index is -3.24. The first kappa shape index (κ1) is 17.7. The summed E-state index contributed by atoms with van der Waals surface area (Å²) in [5, 5.41) is 0. The van der Waals surface area contributed by atoms with Crippen LogP contribution < -0.4 is 4.74 Å². The molecular weight excluding hydrogens is 316 g/mol. The maximum Gasteiger partial charge on any atom is 0.227 e. The largest absolute Gasteiger partial charge is 0.497 e. The molecule has 23 heavy (non-hydrogen) atoms. The van der Waals surface area contributed by atoms with E-state index in [1.165, 1.54) is 10.6 Å². The van der Waals surface area contributed by atoms with Crippen molar-refractivity contribution in [3.05, 3.63) is 29.8 Å². The van der Waals surface area contributed by atoms with Gasteiger partial charge in [-0.25, -0.2) is 12.7 Å². The van der Waals surface area contributed by atoms with Gasteiger partial charge in [0.25, 0.3) is 0 Å². The van der Waals surface area contributed by atoms with Crippen molar-refractivity contribution >= 4 is 15.9 Å². The lowest BCUT2D eigenvalue weighted by Gasteiger charge is -2.32. The van der Waals surface area contributed by atoms with Crippen molar-refractivity contribution in [2.75, 3.05) is 33.5 Å². The summed E-state index contributed by atoms with van der Waals surface area (Å²) >= 11 is 0. The SMILES string of the molecule is COc1ccc(CN(C)C(=O)[C@H]2CCCN(S(C)(=O)=O)C2)cc1.